The van der Waals surface area contributed by atoms with Crippen molar-refractivity contribution in [3.05, 3.63) is 40.6 Å². The van der Waals surface area contributed by atoms with Crippen LogP contribution in [0.2, 0.25) is 0 Å². The van der Waals surface area contributed by atoms with Crippen LogP contribution in [-0.4, -0.2) is 59.7 Å². The van der Waals surface area contributed by atoms with E-state index < -0.39 is 11.8 Å². The largest absolute Gasteiger partial charge is 0.760 e. The van der Waals surface area contributed by atoms with Gasteiger partial charge in [0.15, 0.2) is 12.1 Å². The van der Waals surface area contributed by atoms with Crippen LogP contribution in [0, 0.1) is 11.1 Å². The highest BCUT2D eigenvalue weighted by atomic mass is 16.9. The summed E-state index contributed by atoms with van der Waals surface area (Å²) in [5.74, 6) is 0.398. The first-order valence-corrected chi connectivity index (χ1v) is 10.9. The first-order chi connectivity index (χ1) is 14.7. The van der Waals surface area contributed by atoms with Gasteiger partial charge in [-0.3, -0.25) is 4.79 Å². The van der Waals surface area contributed by atoms with Crippen molar-refractivity contribution in [2.75, 3.05) is 13.7 Å². The third-order valence-electron chi connectivity index (χ3n) is 5.35. The Balaban J connectivity index is 1.61. The molecule has 3 rings (SSSR count). The van der Waals surface area contributed by atoms with Gasteiger partial charge < -0.3 is 19.7 Å². The van der Waals surface area contributed by atoms with Crippen LogP contribution in [0.3, 0.4) is 0 Å². The summed E-state index contributed by atoms with van der Waals surface area (Å²) in [7, 11) is 1.64. The van der Waals surface area contributed by atoms with Gasteiger partial charge in [-0.25, -0.2) is 15.2 Å². The van der Waals surface area contributed by atoms with Gasteiger partial charge in [0.2, 0.25) is 5.91 Å². The maximum absolute atomic E-state index is 13.1. The molecule has 8 nitrogen and oxygen atoms in total. The number of benzene rings is 1. The lowest BCUT2D eigenvalue weighted by molar-refractivity contribution is -0.238. The second-order valence-corrected chi connectivity index (χ2v) is 9.14. The Morgan fingerprint density at radius 2 is 2.03 bits per heavy atom. The number of hydrogen-bond acceptors (Lipinski definition) is 7. The Morgan fingerprint density at radius 3 is 2.68 bits per heavy atom. The first kappa shape index (κ1) is 23.5. The number of ether oxygens (including phenoxy) is 1. The van der Waals surface area contributed by atoms with Crippen molar-refractivity contribution < 1.29 is 14.4 Å². The van der Waals surface area contributed by atoms with E-state index in [-0.39, 0.29) is 18.1 Å². The summed E-state index contributed by atoms with van der Waals surface area (Å²) in [6, 6.07) is 7.93. The van der Waals surface area contributed by atoms with Crippen molar-refractivity contribution in [2.45, 2.75) is 71.4 Å². The van der Waals surface area contributed by atoms with Crippen LogP contribution in [0.4, 0.5) is 0 Å². The third kappa shape index (κ3) is 6.20. The minimum atomic E-state index is -0.595. The van der Waals surface area contributed by atoms with Gasteiger partial charge in [0.1, 0.15) is 0 Å². The molecule has 2 heterocycles. The predicted octanol–water partition coefficient (Wildman–Crippen LogP) is 3.54. The molecular weight excluding hydrogens is 396 g/mol. The van der Waals surface area contributed by atoms with E-state index in [4.69, 9.17) is 9.57 Å². The highest BCUT2D eigenvalue weighted by Crippen LogP contribution is 2.26. The molecule has 3 atom stereocenters. The van der Waals surface area contributed by atoms with Gasteiger partial charge in [-0.05, 0) is 45.6 Å². The van der Waals surface area contributed by atoms with Crippen molar-refractivity contribution in [2.24, 2.45) is 15.9 Å². The monoisotopic (exact) mass is 429 g/mol. The Bertz CT molecular complexity index is 816. The van der Waals surface area contributed by atoms with Crippen molar-refractivity contribution in [1.29, 1.82) is 0 Å². The molecule has 2 aliphatic rings. The molecule has 8 heteroatoms. The fourth-order valence-electron chi connectivity index (χ4n) is 3.82. The standard InChI is InChI=1S/C23H33N4O4/c1-16(22(28)26-14-6-7-20(26)27(29)31-23(2,3)4)15-17-8-10-18(11-9-17)21-24-13-12-19(25-21)30-5/h8-11,13,16,19-20H,6-7,12,14-15H2,1-5H3/q-1/t16?,19?,20-/m1/s1. The smallest absolute Gasteiger partial charge is 0.227 e. The molecule has 1 amide bonds. The summed E-state index contributed by atoms with van der Waals surface area (Å²) in [5.41, 5.74) is 1.37. The fourth-order valence-corrected chi connectivity index (χ4v) is 3.82. The molecule has 0 aliphatic carbocycles. The van der Waals surface area contributed by atoms with Gasteiger partial charge >= 0.3 is 0 Å². The number of amides is 1. The van der Waals surface area contributed by atoms with E-state index in [9.17, 15) is 10.0 Å². The molecule has 1 fully saturated rings. The summed E-state index contributed by atoms with van der Waals surface area (Å²) in [6.45, 7) is 7.96. The molecule has 0 N–H and O–H groups in total. The van der Waals surface area contributed by atoms with Crippen LogP contribution in [0.15, 0.2) is 34.3 Å². The van der Waals surface area contributed by atoms with Crippen molar-refractivity contribution in [1.82, 2.24) is 10.1 Å². The van der Waals surface area contributed by atoms with Gasteiger partial charge in [-0.1, -0.05) is 31.2 Å². The molecule has 2 aliphatic heterocycles. The van der Waals surface area contributed by atoms with Crippen LogP contribution >= 0.6 is 0 Å². The number of amidine groups is 1. The minimum absolute atomic E-state index is 0.0193. The molecule has 0 aromatic heterocycles. The van der Waals surface area contributed by atoms with Crippen molar-refractivity contribution >= 4 is 18.0 Å². The number of carbonyl (C=O) groups excluding carboxylic acids is 1. The lowest BCUT2D eigenvalue weighted by Crippen LogP contribution is -2.48. The third-order valence-corrected chi connectivity index (χ3v) is 5.35. The van der Waals surface area contributed by atoms with E-state index in [0.29, 0.717) is 36.9 Å². The molecule has 1 aromatic carbocycles. The Morgan fingerprint density at radius 1 is 1.32 bits per heavy atom. The van der Waals surface area contributed by atoms with Gasteiger partial charge in [-0.15, -0.1) is 0 Å². The molecule has 0 radical (unpaired) electrons. The number of methoxy groups -OCH3 is 1. The van der Waals surface area contributed by atoms with Gasteiger partial charge in [-0.2, -0.15) is 0 Å². The fraction of sp³-hybridized carbons (Fsp3) is 0.609. The van der Waals surface area contributed by atoms with Crippen LogP contribution in [0.5, 0.6) is 0 Å². The lowest BCUT2D eigenvalue weighted by atomic mass is 9.98. The number of nitrogens with zero attached hydrogens (tertiary/aromatic N) is 4. The van der Waals surface area contributed by atoms with E-state index in [1.54, 1.807) is 12.0 Å². The number of hydrogen-bond donors (Lipinski definition) is 0. The van der Waals surface area contributed by atoms with E-state index in [0.717, 1.165) is 17.5 Å². The maximum atomic E-state index is 13.1. The van der Waals surface area contributed by atoms with Crippen LogP contribution in [0.25, 0.3) is 0 Å². The lowest BCUT2D eigenvalue weighted by Gasteiger charge is -2.42. The zero-order chi connectivity index (χ0) is 22.6. The van der Waals surface area contributed by atoms with Gasteiger partial charge in [0.25, 0.3) is 0 Å². The number of hydroxylamine groups is 2. The van der Waals surface area contributed by atoms with Crippen LogP contribution < -0.4 is 0 Å². The number of rotatable bonds is 7. The quantitative estimate of drug-likeness (QED) is 0.619. The zero-order valence-electron chi connectivity index (χ0n) is 19.1. The normalized spacial score (nSPS) is 22.7. The average molecular weight is 430 g/mol. The number of aliphatic imine (C=N–C) groups is 2. The second kappa shape index (κ2) is 9.99. The summed E-state index contributed by atoms with van der Waals surface area (Å²) in [6.07, 6.45) is 3.76. The molecular formula is C23H33N4O4-. The van der Waals surface area contributed by atoms with E-state index in [1.165, 1.54) is 0 Å². The number of likely N-dealkylation sites (tertiary alicyclic amines) is 1. The second-order valence-electron chi connectivity index (χ2n) is 9.14. The highest BCUT2D eigenvalue weighted by molar-refractivity contribution is 6.04. The average Bonchev–Trinajstić information content (AvgIpc) is 3.22. The maximum Gasteiger partial charge on any atom is 0.227 e. The molecule has 1 aromatic rings. The van der Waals surface area contributed by atoms with Crippen molar-refractivity contribution in [3.63, 3.8) is 0 Å². The zero-order valence-corrected chi connectivity index (χ0v) is 19.1. The molecule has 1 saturated heterocycles. The summed E-state index contributed by atoms with van der Waals surface area (Å²) >= 11 is 0. The summed E-state index contributed by atoms with van der Waals surface area (Å²) < 4.78 is 5.29. The molecule has 0 saturated carbocycles. The Hall–Kier alpha value is -2.13. The van der Waals surface area contributed by atoms with E-state index in [1.807, 2.05) is 58.2 Å². The SMILES string of the molecule is COC1CC=NC(c2ccc(CC(C)C(=O)N3CCC[C@H]3N([O-])OC(C)(C)C)cc2)=N1. The summed E-state index contributed by atoms with van der Waals surface area (Å²) in [5, 5.41) is 13.1. The molecule has 170 valence electrons. The minimum Gasteiger partial charge on any atom is -0.760 e. The topological polar surface area (TPSA) is 89.8 Å². The van der Waals surface area contributed by atoms with Crippen LogP contribution in [0.1, 0.15) is 58.1 Å². The highest BCUT2D eigenvalue weighted by Gasteiger charge is 2.33. The molecule has 31 heavy (non-hydrogen) atoms. The first-order valence-electron chi connectivity index (χ1n) is 10.9. The molecule has 0 bridgehead atoms. The molecule has 2 unspecified atom stereocenters. The molecule has 0 spiro atoms. The Kier molecular flexibility index (Phi) is 7.59. The van der Waals surface area contributed by atoms with Gasteiger partial charge in [0, 0.05) is 37.8 Å². The predicted molar refractivity (Wildman–Crippen MR) is 121 cm³/mol. The van der Waals surface area contributed by atoms with E-state index >= 15 is 0 Å². The van der Waals surface area contributed by atoms with Gasteiger partial charge in [0.05, 0.1) is 11.8 Å². The van der Waals surface area contributed by atoms with E-state index in [2.05, 4.69) is 9.98 Å². The number of carbonyl (C=O) groups is 1. The van der Waals surface area contributed by atoms with Crippen molar-refractivity contribution in [3.8, 4) is 0 Å². The van der Waals surface area contributed by atoms with Crippen LogP contribution in [-0.2, 0) is 20.8 Å². The summed E-state index contributed by atoms with van der Waals surface area (Å²) in [4.78, 5) is 29.0. The Labute approximate surface area is 184 Å².